The van der Waals surface area contributed by atoms with E-state index in [1.54, 1.807) is 39.1 Å². The van der Waals surface area contributed by atoms with Crippen molar-refractivity contribution in [2.75, 3.05) is 0 Å². The molecule has 2 nitrogen and oxygen atoms in total. The number of thioether (sulfide) groups is 2. The Morgan fingerprint density at radius 1 is 0.727 bits per heavy atom. The normalized spacial score (nSPS) is 43.0. The fourth-order valence-electron chi connectivity index (χ4n) is 16.7. The van der Waals surface area contributed by atoms with Crippen LogP contribution in [0.3, 0.4) is 0 Å². The summed E-state index contributed by atoms with van der Waals surface area (Å²) >= 11 is 4.76. The van der Waals surface area contributed by atoms with E-state index in [9.17, 15) is 0 Å². The van der Waals surface area contributed by atoms with Gasteiger partial charge in [-0.3, -0.25) is 4.90 Å². The van der Waals surface area contributed by atoms with Crippen LogP contribution in [0.1, 0.15) is 159 Å². The number of fused-ring (bicyclic) bond motifs is 6. The topological polar surface area (TPSA) is 6.48 Å². The van der Waals surface area contributed by atoms with E-state index in [-0.39, 0.29) is 5.41 Å². The average Bonchev–Trinajstić information content (AvgIpc) is 3.91. The first kappa shape index (κ1) is 43.4. The van der Waals surface area contributed by atoms with Crippen molar-refractivity contribution in [2.45, 2.75) is 182 Å². The van der Waals surface area contributed by atoms with Gasteiger partial charge in [0.1, 0.15) is 0 Å². The highest BCUT2D eigenvalue weighted by atomic mass is 32.2. The maximum Gasteiger partial charge on any atom is 0.0501 e. The van der Waals surface area contributed by atoms with Crippen LogP contribution in [0, 0.1) is 52.8 Å². The van der Waals surface area contributed by atoms with Gasteiger partial charge in [0.15, 0.2) is 0 Å². The van der Waals surface area contributed by atoms with Gasteiger partial charge >= 0.3 is 0 Å². The average molecular weight is 915 g/mol. The van der Waals surface area contributed by atoms with Gasteiger partial charge in [-0.15, -0.1) is 11.8 Å². The zero-order chi connectivity index (χ0) is 44.6. The van der Waals surface area contributed by atoms with Crippen LogP contribution >= 0.6 is 23.5 Å². The molecule has 0 bridgehead atoms. The molecule has 2 heterocycles. The van der Waals surface area contributed by atoms with Crippen molar-refractivity contribution in [1.82, 2.24) is 9.80 Å². The molecule has 0 radical (unpaired) electrons. The fraction of sp³-hybridized carbons (Fsp3) is 0.613. The van der Waals surface area contributed by atoms with Crippen LogP contribution in [-0.2, 0) is 0 Å². The van der Waals surface area contributed by atoms with Crippen LogP contribution in [0.2, 0.25) is 0 Å². The Morgan fingerprint density at radius 2 is 1.56 bits per heavy atom. The molecule has 5 fully saturated rings. The molecule has 0 spiro atoms. The maximum absolute atomic E-state index is 3.31. The molecule has 0 aromatic heterocycles. The molecule has 0 amide bonds. The van der Waals surface area contributed by atoms with E-state index in [2.05, 4.69) is 172 Å². The van der Waals surface area contributed by atoms with Gasteiger partial charge in [0, 0.05) is 67.9 Å². The molecule has 348 valence electrons. The standard InChI is InChI=1S/C62H78N2S2/c1-36(2)48-35-54(64(41-27-23-38(4)24-28-41)52-18-12-16-46-43-14-8-10-20-56(43)66-61(46)52)49-34-50-57-39(31-32-62(50,5)6)33-53(47-30-29-44(48)58(49)59(47)57)63(40-25-21-37(3)22-26-40)51-17-11-15-45-42-13-7-9-19-55(42)65-60(45)51/h7-8,10-11,13-15,20-21,25-26,29-30,33-39,41-43,45-46,49,51-52,54-57,60-61H,9,12,16-19,22-24,27-28,31-32H2,1-6H3. The summed E-state index contributed by atoms with van der Waals surface area (Å²) in [5, 5.41) is 2.73. The third kappa shape index (κ3) is 6.87. The van der Waals surface area contributed by atoms with Crippen LogP contribution in [0.15, 0.2) is 108 Å². The third-order valence-corrected chi connectivity index (χ3v) is 23.6. The molecule has 66 heavy (non-hydrogen) atoms. The third-order valence-electron chi connectivity index (χ3n) is 20.0. The van der Waals surface area contributed by atoms with Gasteiger partial charge in [0.25, 0.3) is 0 Å². The highest BCUT2D eigenvalue weighted by Crippen LogP contribution is 2.64. The molecule has 12 aliphatic rings. The highest BCUT2D eigenvalue weighted by Gasteiger charge is 2.56. The summed E-state index contributed by atoms with van der Waals surface area (Å²) in [4.78, 5) is 6.29. The van der Waals surface area contributed by atoms with Crippen molar-refractivity contribution in [1.29, 1.82) is 0 Å². The second-order valence-corrected chi connectivity index (χ2v) is 27.3. The summed E-state index contributed by atoms with van der Waals surface area (Å²) < 4.78 is 0. The van der Waals surface area contributed by atoms with E-state index < -0.39 is 0 Å². The Bertz CT molecular complexity index is 2390. The smallest absolute Gasteiger partial charge is 0.0501 e. The Morgan fingerprint density at radius 3 is 2.39 bits per heavy atom. The van der Waals surface area contributed by atoms with Gasteiger partial charge in [0.2, 0.25) is 0 Å². The van der Waals surface area contributed by atoms with Crippen molar-refractivity contribution in [3.63, 3.8) is 0 Å². The fourth-order valence-corrected chi connectivity index (χ4v) is 20.7. The first-order valence-electron chi connectivity index (χ1n) is 27.4. The number of nitrogens with zero attached hydrogens (tertiary/aromatic N) is 2. The predicted octanol–water partition coefficient (Wildman–Crippen LogP) is 15.5. The molecule has 15 unspecified atom stereocenters. The van der Waals surface area contributed by atoms with Crippen molar-refractivity contribution >= 4 is 34.8 Å². The lowest BCUT2D eigenvalue weighted by Crippen LogP contribution is -2.58. The quantitative estimate of drug-likeness (QED) is 0.251. The van der Waals surface area contributed by atoms with E-state index in [4.69, 9.17) is 0 Å². The number of rotatable bonds is 7. The zero-order valence-electron chi connectivity index (χ0n) is 41.0. The Balaban J connectivity index is 0.982. The molecule has 1 aromatic rings. The van der Waals surface area contributed by atoms with Gasteiger partial charge in [-0.1, -0.05) is 145 Å². The number of hydrogen-bond donors (Lipinski definition) is 0. The Kier molecular flexibility index (Phi) is 11.0. The van der Waals surface area contributed by atoms with Crippen molar-refractivity contribution in [3.8, 4) is 0 Å². The molecule has 1 aromatic carbocycles. The summed E-state index contributed by atoms with van der Waals surface area (Å²) in [6, 6.07) is 7.46. The summed E-state index contributed by atoms with van der Waals surface area (Å²) in [7, 11) is 0. The monoisotopic (exact) mass is 915 g/mol. The molecule has 4 heteroatoms. The van der Waals surface area contributed by atoms with Gasteiger partial charge < -0.3 is 4.90 Å². The minimum Gasteiger partial charge on any atom is -0.337 e. The molecule has 15 atom stereocenters. The molecular formula is C62H78N2S2. The van der Waals surface area contributed by atoms with E-state index in [1.165, 1.54) is 76.3 Å². The lowest BCUT2D eigenvalue weighted by atomic mass is 9.53. The highest BCUT2D eigenvalue weighted by molar-refractivity contribution is 8.01. The second-order valence-electron chi connectivity index (χ2n) is 24.6. The van der Waals surface area contributed by atoms with E-state index >= 15 is 0 Å². The minimum atomic E-state index is 0.191. The van der Waals surface area contributed by atoms with Gasteiger partial charge in [-0.25, -0.2) is 0 Å². The lowest BCUT2D eigenvalue weighted by molar-refractivity contribution is 0.0326. The van der Waals surface area contributed by atoms with Gasteiger partial charge in [0.05, 0.1) is 6.04 Å². The first-order chi connectivity index (χ1) is 32.1. The molecule has 2 saturated heterocycles. The van der Waals surface area contributed by atoms with Crippen LogP contribution in [0.5, 0.6) is 0 Å². The van der Waals surface area contributed by atoms with E-state index in [0.29, 0.717) is 87.3 Å². The van der Waals surface area contributed by atoms with Gasteiger partial charge in [-0.05, 0) is 158 Å². The minimum absolute atomic E-state index is 0.191. The maximum atomic E-state index is 3.31. The van der Waals surface area contributed by atoms with Crippen molar-refractivity contribution in [3.05, 3.63) is 131 Å². The molecular weight excluding hydrogens is 837 g/mol. The molecule has 2 aliphatic heterocycles. The zero-order valence-corrected chi connectivity index (χ0v) is 42.7. The molecule has 3 saturated carbocycles. The predicted molar refractivity (Wildman–Crippen MR) is 283 cm³/mol. The van der Waals surface area contributed by atoms with Gasteiger partial charge in [-0.2, -0.15) is 11.8 Å². The largest absolute Gasteiger partial charge is 0.337 e. The summed E-state index contributed by atoms with van der Waals surface area (Å²) in [5.74, 6) is 6.15. The van der Waals surface area contributed by atoms with Crippen LogP contribution < -0.4 is 0 Å². The lowest BCUT2D eigenvalue weighted by Gasteiger charge is -2.56. The summed E-state index contributed by atoms with van der Waals surface area (Å²) in [6.45, 7) is 15.2. The molecule has 10 aliphatic carbocycles. The Hall–Kier alpha value is -2.66. The number of allylic oxidation sites excluding steroid dienone is 12. The SMILES string of the molecule is CC1C=CC(N(C2=CC3CCC(C)(C)C4=CC5c6c(ccc2c6C43)C(C(C)C)=CC5N(C2CCC(C)CC2)C2CCCC3C4C=CC=CC4SC32)C2CC=CC3C4C=CCCC4SC32)=CC1. The number of hydrogen-bond acceptors (Lipinski definition) is 4. The summed E-state index contributed by atoms with van der Waals surface area (Å²) in [6.07, 6.45) is 53.8. The van der Waals surface area contributed by atoms with Crippen molar-refractivity contribution in [2.24, 2.45) is 52.8 Å². The van der Waals surface area contributed by atoms with E-state index in [1.807, 2.05) is 0 Å². The van der Waals surface area contributed by atoms with Crippen LogP contribution in [0.4, 0.5) is 0 Å². The number of benzene rings is 1. The first-order valence-corrected chi connectivity index (χ1v) is 29.3. The second kappa shape index (κ2) is 16.7. The van der Waals surface area contributed by atoms with Crippen LogP contribution in [0.25, 0.3) is 11.3 Å². The van der Waals surface area contributed by atoms with Crippen molar-refractivity contribution < 1.29 is 0 Å². The van der Waals surface area contributed by atoms with Crippen LogP contribution in [-0.4, -0.2) is 55.0 Å². The van der Waals surface area contributed by atoms with E-state index in [0.717, 1.165) is 29.9 Å². The molecule has 13 rings (SSSR count). The Labute approximate surface area is 407 Å². The molecule has 0 N–H and O–H groups in total. The summed E-state index contributed by atoms with van der Waals surface area (Å²) in [5.41, 5.74) is 13.3.